The van der Waals surface area contributed by atoms with Crippen LogP contribution in [0.3, 0.4) is 0 Å². The van der Waals surface area contributed by atoms with Gasteiger partial charge in [-0.2, -0.15) is 0 Å². The third kappa shape index (κ3) is 3.21. The van der Waals surface area contributed by atoms with Gasteiger partial charge in [0.2, 0.25) is 0 Å². The Labute approximate surface area is 188 Å². The van der Waals surface area contributed by atoms with Crippen LogP contribution in [-0.4, -0.2) is 40.9 Å². The van der Waals surface area contributed by atoms with Crippen LogP contribution < -0.4 is 10.2 Å². The van der Waals surface area contributed by atoms with Crippen molar-refractivity contribution in [1.82, 2.24) is 14.6 Å². The van der Waals surface area contributed by atoms with Gasteiger partial charge in [-0.25, -0.2) is 22.7 Å². The Kier molecular flexibility index (Phi) is 4.52. The number of nitrogens with zero attached hydrogens (tertiary/aromatic N) is 4. The largest absolute Gasteiger partial charge is 0.380 e. The highest BCUT2D eigenvalue weighted by Gasteiger charge is 2.49. The van der Waals surface area contributed by atoms with Gasteiger partial charge in [-0.3, -0.25) is 0 Å². The maximum absolute atomic E-state index is 14.8. The van der Waals surface area contributed by atoms with Crippen molar-refractivity contribution in [1.29, 1.82) is 0 Å². The molecule has 1 N–H and O–H groups in total. The fourth-order valence-electron chi connectivity index (χ4n) is 4.83. The second-order valence-electron chi connectivity index (χ2n) is 9.04. The number of halogens is 3. The summed E-state index contributed by atoms with van der Waals surface area (Å²) < 4.78 is 48.2. The Hall–Kier alpha value is -3.33. The minimum Gasteiger partial charge on any atom is -0.380 e. The number of hydrogen-bond donors (Lipinski definition) is 1. The summed E-state index contributed by atoms with van der Waals surface area (Å²) in [6.07, 6.45) is 0.540. The molecule has 1 spiro atoms. The number of hydrogen-bond acceptors (Lipinski definition) is 5. The van der Waals surface area contributed by atoms with Gasteiger partial charge in [0.15, 0.2) is 11.5 Å². The van der Waals surface area contributed by atoms with E-state index in [2.05, 4.69) is 32.4 Å². The molecule has 0 bridgehead atoms. The lowest BCUT2D eigenvalue weighted by molar-refractivity contribution is -0.127. The van der Waals surface area contributed by atoms with Crippen LogP contribution in [0.1, 0.15) is 30.5 Å². The zero-order valence-corrected chi connectivity index (χ0v) is 17.9. The molecule has 2 aliphatic heterocycles. The summed E-state index contributed by atoms with van der Waals surface area (Å²) in [5.74, 6) is -0.358. The Bertz CT molecular complexity index is 1360. The van der Waals surface area contributed by atoms with Gasteiger partial charge in [0.1, 0.15) is 5.82 Å². The third-order valence-electron chi connectivity index (χ3n) is 6.68. The average Bonchev–Trinajstić information content (AvgIpc) is 3.20. The Morgan fingerprint density at radius 2 is 1.88 bits per heavy atom. The first-order chi connectivity index (χ1) is 15.9. The van der Waals surface area contributed by atoms with E-state index in [0.717, 1.165) is 48.8 Å². The van der Waals surface area contributed by atoms with Gasteiger partial charge in [0, 0.05) is 47.5 Å². The molecule has 6 nitrogen and oxygen atoms in total. The van der Waals surface area contributed by atoms with E-state index in [1.807, 2.05) is 6.07 Å². The SMILES string of the molecule is CC(Nc1nn2ccnc2c2ccc(N3CC4(COC4)C3)cc12)c1cccc(C(F)F)c1F. The number of ether oxygens (including phenoxy) is 1. The molecule has 2 aromatic heterocycles. The zero-order valence-electron chi connectivity index (χ0n) is 17.9. The fraction of sp³-hybridized carbons (Fsp3) is 0.333. The predicted molar refractivity (Wildman–Crippen MR) is 119 cm³/mol. The molecule has 0 radical (unpaired) electrons. The minimum atomic E-state index is -2.87. The number of alkyl halides is 2. The second kappa shape index (κ2) is 7.34. The molecule has 4 aromatic rings. The van der Waals surface area contributed by atoms with E-state index in [9.17, 15) is 13.2 Å². The molecular weight excluding hydrogens is 431 g/mol. The predicted octanol–water partition coefficient (Wildman–Crippen LogP) is 4.97. The fourth-order valence-corrected chi connectivity index (χ4v) is 4.83. The number of benzene rings is 2. The minimum absolute atomic E-state index is 0.166. The third-order valence-corrected chi connectivity index (χ3v) is 6.68. The maximum atomic E-state index is 14.8. The summed E-state index contributed by atoms with van der Waals surface area (Å²) >= 11 is 0. The van der Waals surface area contributed by atoms with Gasteiger partial charge in [0.25, 0.3) is 6.43 Å². The number of imidazole rings is 1. The van der Waals surface area contributed by atoms with E-state index < -0.39 is 23.8 Å². The molecule has 2 saturated heterocycles. The Balaban J connectivity index is 1.39. The summed E-state index contributed by atoms with van der Waals surface area (Å²) in [4.78, 5) is 6.73. The van der Waals surface area contributed by atoms with Gasteiger partial charge in [-0.15, -0.1) is 5.10 Å². The van der Waals surface area contributed by atoms with E-state index in [0.29, 0.717) is 11.5 Å². The number of anilines is 2. The van der Waals surface area contributed by atoms with Crippen LogP contribution >= 0.6 is 0 Å². The molecule has 1 atom stereocenters. The van der Waals surface area contributed by atoms with Gasteiger partial charge in [-0.1, -0.05) is 18.2 Å². The molecule has 33 heavy (non-hydrogen) atoms. The highest BCUT2D eigenvalue weighted by Crippen LogP contribution is 2.41. The van der Waals surface area contributed by atoms with Crippen molar-refractivity contribution in [3.05, 3.63) is 65.7 Å². The standard InChI is InChI=1S/C24H22F3N5O/c1-14(16-3-2-4-18(20(16)25)21(26)27)29-22-19-9-15(31-10-24(11-31)12-33-13-24)5-6-17(19)23-28-7-8-32(23)30-22/h2-9,14,21H,10-13H2,1H3,(H,29,30). The molecule has 9 heteroatoms. The van der Waals surface area contributed by atoms with Crippen molar-refractivity contribution in [3.8, 4) is 0 Å². The molecule has 6 rings (SSSR count). The first kappa shape index (κ1) is 20.3. The monoisotopic (exact) mass is 453 g/mol. The average molecular weight is 453 g/mol. The molecule has 170 valence electrons. The first-order valence-electron chi connectivity index (χ1n) is 10.9. The second-order valence-corrected chi connectivity index (χ2v) is 9.04. The quantitative estimate of drug-likeness (QED) is 0.463. The van der Waals surface area contributed by atoms with Crippen molar-refractivity contribution < 1.29 is 17.9 Å². The van der Waals surface area contributed by atoms with Crippen molar-refractivity contribution in [2.24, 2.45) is 5.41 Å². The van der Waals surface area contributed by atoms with Crippen molar-refractivity contribution in [3.63, 3.8) is 0 Å². The van der Waals surface area contributed by atoms with E-state index in [4.69, 9.17) is 4.74 Å². The molecular formula is C24H22F3N5O. The maximum Gasteiger partial charge on any atom is 0.266 e. The van der Waals surface area contributed by atoms with Crippen molar-refractivity contribution >= 4 is 27.9 Å². The molecule has 0 aliphatic carbocycles. The number of rotatable bonds is 5. The summed E-state index contributed by atoms with van der Waals surface area (Å²) in [5, 5.41) is 9.64. The number of aromatic nitrogens is 3. The van der Waals surface area contributed by atoms with Crippen LogP contribution in [0.4, 0.5) is 24.7 Å². The lowest BCUT2D eigenvalue weighted by atomic mass is 9.77. The molecule has 0 saturated carbocycles. The van der Waals surface area contributed by atoms with Gasteiger partial charge in [-0.05, 0) is 25.1 Å². The van der Waals surface area contributed by atoms with Gasteiger partial charge >= 0.3 is 0 Å². The zero-order chi connectivity index (χ0) is 22.7. The molecule has 1 unspecified atom stereocenters. The van der Waals surface area contributed by atoms with Crippen LogP contribution in [0, 0.1) is 11.2 Å². The lowest BCUT2D eigenvalue weighted by Gasteiger charge is -2.56. The van der Waals surface area contributed by atoms with E-state index in [1.54, 1.807) is 23.8 Å². The summed E-state index contributed by atoms with van der Waals surface area (Å²) in [5.41, 5.74) is 1.63. The molecule has 2 aliphatic rings. The Morgan fingerprint density at radius 1 is 1.09 bits per heavy atom. The Morgan fingerprint density at radius 3 is 2.61 bits per heavy atom. The molecule has 2 fully saturated rings. The highest BCUT2D eigenvalue weighted by molar-refractivity contribution is 6.01. The van der Waals surface area contributed by atoms with E-state index >= 15 is 0 Å². The van der Waals surface area contributed by atoms with Crippen LogP contribution in [0.2, 0.25) is 0 Å². The normalized spacial score (nSPS) is 18.0. The molecule has 4 heterocycles. The topological polar surface area (TPSA) is 54.7 Å². The summed E-state index contributed by atoms with van der Waals surface area (Å²) in [6.45, 7) is 5.24. The first-order valence-corrected chi connectivity index (χ1v) is 10.9. The van der Waals surface area contributed by atoms with Crippen LogP contribution in [-0.2, 0) is 4.74 Å². The van der Waals surface area contributed by atoms with Crippen LogP contribution in [0.25, 0.3) is 16.4 Å². The lowest BCUT2D eigenvalue weighted by Crippen LogP contribution is -2.66. The van der Waals surface area contributed by atoms with E-state index in [-0.39, 0.29) is 11.0 Å². The van der Waals surface area contributed by atoms with E-state index in [1.165, 1.54) is 12.1 Å². The van der Waals surface area contributed by atoms with Crippen LogP contribution in [0.15, 0.2) is 48.8 Å². The summed E-state index contributed by atoms with van der Waals surface area (Å²) in [6, 6.07) is 9.65. The van der Waals surface area contributed by atoms with Crippen molar-refractivity contribution in [2.45, 2.75) is 19.4 Å². The summed E-state index contributed by atoms with van der Waals surface area (Å²) in [7, 11) is 0. The molecule has 0 amide bonds. The highest BCUT2D eigenvalue weighted by atomic mass is 19.3. The number of fused-ring (bicyclic) bond motifs is 3. The number of nitrogens with one attached hydrogen (secondary N) is 1. The smallest absolute Gasteiger partial charge is 0.266 e. The van der Waals surface area contributed by atoms with Crippen molar-refractivity contribution in [2.75, 3.05) is 36.5 Å². The molecule has 2 aromatic carbocycles. The van der Waals surface area contributed by atoms with Crippen LogP contribution in [0.5, 0.6) is 0 Å². The van der Waals surface area contributed by atoms with Gasteiger partial charge < -0.3 is 15.0 Å². The van der Waals surface area contributed by atoms with Gasteiger partial charge in [0.05, 0.1) is 30.2 Å².